The summed E-state index contributed by atoms with van der Waals surface area (Å²) in [6.45, 7) is 8.24. The van der Waals surface area contributed by atoms with E-state index in [1.165, 1.54) is 10.6 Å². The van der Waals surface area contributed by atoms with Crippen molar-refractivity contribution < 1.29 is 18.6 Å². The maximum Gasteiger partial charge on any atom is 0.280 e. The number of hydrogen-bond donors (Lipinski definition) is 1. The number of rotatable bonds is 6. The summed E-state index contributed by atoms with van der Waals surface area (Å²) >= 11 is 6.33. The Bertz CT molecular complexity index is 1570. The molecule has 0 spiro atoms. The highest BCUT2D eigenvalue weighted by Gasteiger charge is 2.22. The summed E-state index contributed by atoms with van der Waals surface area (Å²) in [5.41, 5.74) is 1.72. The van der Waals surface area contributed by atoms with E-state index in [9.17, 15) is 18.7 Å². The van der Waals surface area contributed by atoms with E-state index in [1.807, 2.05) is 26.0 Å². The second-order valence-electron chi connectivity index (χ2n) is 9.23. The molecule has 0 saturated carbocycles. The van der Waals surface area contributed by atoms with Crippen LogP contribution in [0.4, 0.5) is 8.78 Å². The van der Waals surface area contributed by atoms with Crippen molar-refractivity contribution in [1.82, 2.24) is 19.5 Å². The lowest BCUT2D eigenvalue weighted by atomic mass is 10.0. The first-order valence-corrected chi connectivity index (χ1v) is 11.8. The second-order valence-corrected chi connectivity index (χ2v) is 9.61. The van der Waals surface area contributed by atoms with Gasteiger partial charge in [0, 0.05) is 23.4 Å². The predicted octanol–water partition coefficient (Wildman–Crippen LogP) is 5.35. The number of aliphatic hydroxyl groups is 1. The van der Waals surface area contributed by atoms with Crippen LogP contribution >= 0.6 is 11.6 Å². The van der Waals surface area contributed by atoms with Crippen LogP contribution in [0.1, 0.15) is 42.2 Å². The number of benzene rings is 2. The second kappa shape index (κ2) is 9.99. The van der Waals surface area contributed by atoms with E-state index in [0.29, 0.717) is 22.8 Å². The Balaban J connectivity index is 1.75. The number of aromatic nitrogens is 4. The van der Waals surface area contributed by atoms with Gasteiger partial charge in [0.2, 0.25) is 5.88 Å². The molecule has 4 rings (SSSR count). The van der Waals surface area contributed by atoms with Gasteiger partial charge in [0.1, 0.15) is 29.7 Å². The summed E-state index contributed by atoms with van der Waals surface area (Å²) in [7, 11) is 0. The van der Waals surface area contributed by atoms with Crippen LogP contribution in [0.3, 0.4) is 0 Å². The highest BCUT2D eigenvalue weighted by Crippen LogP contribution is 2.29. The number of aryl methyl sites for hydroxylation is 3. The molecule has 1 N–H and O–H groups in total. The summed E-state index contributed by atoms with van der Waals surface area (Å²) in [5, 5.41) is 10.1. The van der Waals surface area contributed by atoms with Gasteiger partial charge < -0.3 is 9.84 Å². The topological polar surface area (TPSA) is 90.1 Å². The molecule has 192 valence electrons. The number of nitrogens with zero attached hydrogens (tertiary/aromatic N) is 4. The first-order chi connectivity index (χ1) is 17.4. The van der Waals surface area contributed by atoms with Gasteiger partial charge in [0.15, 0.2) is 10.8 Å². The van der Waals surface area contributed by atoms with Crippen LogP contribution in [0.15, 0.2) is 47.4 Å². The molecule has 0 atom stereocenters. The molecule has 2 aromatic carbocycles. The molecule has 7 nitrogen and oxygen atoms in total. The van der Waals surface area contributed by atoms with E-state index in [4.69, 9.17) is 16.3 Å². The molecular formula is C27H25ClF2N4O3. The third-order valence-electron chi connectivity index (χ3n) is 5.79. The molecule has 0 unspecified atom stereocenters. The Hall–Kier alpha value is -3.69. The van der Waals surface area contributed by atoms with E-state index < -0.39 is 22.8 Å². The molecule has 37 heavy (non-hydrogen) atoms. The largest absolute Gasteiger partial charge is 0.471 e. The van der Waals surface area contributed by atoms with Gasteiger partial charge in [-0.05, 0) is 63.9 Å². The first-order valence-electron chi connectivity index (χ1n) is 11.4. The van der Waals surface area contributed by atoms with Crippen molar-refractivity contribution in [3.63, 3.8) is 0 Å². The Morgan fingerprint density at radius 2 is 1.78 bits per heavy atom. The number of halogens is 3. The Morgan fingerprint density at radius 1 is 1.05 bits per heavy atom. The number of hydrogen-bond acceptors (Lipinski definition) is 6. The zero-order valence-electron chi connectivity index (χ0n) is 20.9. The van der Waals surface area contributed by atoms with Gasteiger partial charge in [-0.15, -0.1) is 0 Å². The maximum absolute atomic E-state index is 14.0. The lowest BCUT2D eigenvalue weighted by molar-refractivity contribution is 0.0688. The zero-order chi connectivity index (χ0) is 27.1. The standard InChI is InChI=1S/C27H25ClF2N4O3/c1-14-6-7-17(23-15(2)12-31-26(33-23)27(4,5)36)10-21(14)34-16(3)32-24(22(28)25(34)35)37-13-18-8-9-19(29)11-20(18)30/h6-12,36H,13H2,1-5H3. The molecule has 0 bridgehead atoms. The minimum absolute atomic E-state index is 0.0929. The van der Waals surface area contributed by atoms with Gasteiger partial charge in [-0.1, -0.05) is 23.7 Å². The minimum atomic E-state index is -1.23. The van der Waals surface area contributed by atoms with Crippen LogP contribution in [0, 0.1) is 32.4 Å². The van der Waals surface area contributed by atoms with Crippen molar-refractivity contribution in [2.24, 2.45) is 0 Å². The molecule has 0 saturated heterocycles. The van der Waals surface area contributed by atoms with Crippen molar-refractivity contribution >= 4 is 11.6 Å². The molecule has 0 amide bonds. The van der Waals surface area contributed by atoms with Gasteiger partial charge in [0.05, 0.1) is 11.4 Å². The van der Waals surface area contributed by atoms with Crippen molar-refractivity contribution in [1.29, 1.82) is 0 Å². The van der Waals surface area contributed by atoms with Crippen molar-refractivity contribution in [2.75, 3.05) is 0 Å². The van der Waals surface area contributed by atoms with Crippen LogP contribution in [0.5, 0.6) is 5.88 Å². The Morgan fingerprint density at radius 3 is 2.46 bits per heavy atom. The zero-order valence-corrected chi connectivity index (χ0v) is 21.7. The highest BCUT2D eigenvalue weighted by atomic mass is 35.5. The van der Waals surface area contributed by atoms with Crippen molar-refractivity contribution in [3.05, 3.63) is 97.9 Å². The smallest absolute Gasteiger partial charge is 0.280 e. The molecular weight excluding hydrogens is 502 g/mol. The maximum atomic E-state index is 14.0. The summed E-state index contributed by atoms with van der Waals surface area (Å²) in [6, 6.07) is 8.61. The minimum Gasteiger partial charge on any atom is -0.471 e. The van der Waals surface area contributed by atoms with E-state index in [2.05, 4.69) is 15.0 Å². The summed E-state index contributed by atoms with van der Waals surface area (Å²) < 4.78 is 34.0. The normalized spacial score (nSPS) is 11.6. The Kier molecular flexibility index (Phi) is 7.12. The lowest BCUT2D eigenvalue weighted by Crippen LogP contribution is -2.24. The quantitative estimate of drug-likeness (QED) is 0.364. The van der Waals surface area contributed by atoms with Crippen LogP contribution in [0.2, 0.25) is 5.02 Å². The highest BCUT2D eigenvalue weighted by molar-refractivity contribution is 6.31. The van der Waals surface area contributed by atoms with E-state index in [0.717, 1.165) is 23.3 Å². The molecule has 0 radical (unpaired) electrons. The van der Waals surface area contributed by atoms with Gasteiger partial charge in [-0.25, -0.2) is 18.7 Å². The lowest BCUT2D eigenvalue weighted by Gasteiger charge is -2.18. The fourth-order valence-corrected chi connectivity index (χ4v) is 3.95. The van der Waals surface area contributed by atoms with E-state index >= 15 is 0 Å². The molecule has 2 aromatic heterocycles. The van der Waals surface area contributed by atoms with Crippen molar-refractivity contribution in [2.45, 2.75) is 46.8 Å². The third-order valence-corrected chi connectivity index (χ3v) is 6.11. The van der Waals surface area contributed by atoms with Gasteiger partial charge >= 0.3 is 0 Å². The average molecular weight is 527 g/mol. The predicted molar refractivity (Wildman–Crippen MR) is 136 cm³/mol. The molecule has 4 aromatic rings. The van der Waals surface area contributed by atoms with Crippen LogP contribution in [-0.4, -0.2) is 24.6 Å². The van der Waals surface area contributed by atoms with E-state index in [-0.39, 0.29) is 28.9 Å². The fourth-order valence-electron chi connectivity index (χ4n) is 3.77. The van der Waals surface area contributed by atoms with Gasteiger partial charge in [0.25, 0.3) is 5.56 Å². The SMILES string of the molecule is Cc1ccc(-c2nc(C(C)(C)O)ncc2C)cc1-n1c(C)nc(OCc2ccc(F)cc2F)c(Cl)c1=O. The summed E-state index contributed by atoms with van der Waals surface area (Å²) in [4.78, 5) is 26.4. The number of ether oxygens (including phenoxy) is 1. The molecule has 2 heterocycles. The molecule has 10 heteroatoms. The monoisotopic (exact) mass is 526 g/mol. The van der Waals surface area contributed by atoms with Crippen LogP contribution in [0.25, 0.3) is 16.9 Å². The molecule has 0 fully saturated rings. The van der Waals surface area contributed by atoms with E-state index in [1.54, 1.807) is 33.0 Å². The molecule has 0 aliphatic rings. The Labute approximate surface area is 217 Å². The van der Waals surface area contributed by atoms with Crippen LogP contribution in [-0.2, 0) is 12.2 Å². The third kappa shape index (κ3) is 5.38. The average Bonchev–Trinajstić information content (AvgIpc) is 2.82. The first kappa shape index (κ1) is 26.4. The van der Waals surface area contributed by atoms with Gasteiger partial charge in [-0.3, -0.25) is 9.36 Å². The van der Waals surface area contributed by atoms with Crippen LogP contribution < -0.4 is 10.3 Å². The van der Waals surface area contributed by atoms with Crippen molar-refractivity contribution in [3.8, 4) is 22.8 Å². The van der Waals surface area contributed by atoms with Gasteiger partial charge in [-0.2, -0.15) is 4.98 Å². The molecule has 0 aliphatic heterocycles. The summed E-state index contributed by atoms with van der Waals surface area (Å²) in [6.07, 6.45) is 1.64. The molecule has 0 aliphatic carbocycles. The summed E-state index contributed by atoms with van der Waals surface area (Å²) in [5.74, 6) is -1.07. The fraction of sp³-hybridized carbons (Fsp3) is 0.259.